The number of carbonyl (C=O) groups is 2. The van der Waals surface area contributed by atoms with Gasteiger partial charge in [0.25, 0.3) is 5.91 Å². The Labute approximate surface area is 125 Å². The van der Waals surface area contributed by atoms with Crippen molar-refractivity contribution < 1.29 is 19.1 Å². The van der Waals surface area contributed by atoms with E-state index >= 15 is 0 Å². The third-order valence-corrected chi connectivity index (χ3v) is 3.44. The van der Waals surface area contributed by atoms with Gasteiger partial charge in [-0.3, -0.25) is 4.79 Å². The SMILES string of the molecule is O=C(COC(=O)c1cccc(Br)c1)NC[C@H]1CCCO1. The Morgan fingerprint density at radius 3 is 3.00 bits per heavy atom. The molecule has 1 saturated heterocycles. The van der Waals surface area contributed by atoms with Gasteiger partial charge in [0.15, 0.2) is 6.61 Å². The molecule has 0 unspecified atom stereocenters. The van der Waals surface area contributed by atoms with Crippen molar-refractivity contribution in [2.45, 2.75) is 18.9 Å². The van der Waals surface area contributed by atoms with Crippen molar-refractivity contribution in [3.63, 3.8) is 0 Å². The normalized spacial score (nSPS) is 17.8. The molecule has 1 heterocycles. The van der Waals surface area contributed by atoms with E-state index in [9.17, 15) is 9.59 Å². The molecule has 0 spiro atoms. The lowest BCUT2D eigenvalue weighted by atomic mass is 10.2. The number of carbonyl (C=O) groups excluding carboxylic acids is 2. The largest absolute Gasteiger partial charge is 0.452 e. The third-order valence-electron chi connectivity index (χ3n) is 2.95. The highest BCUT2D eigenvalue weighted by Crippen LogP contribution is 2.12. The number of amides is 1. The van der Waals surface area contributed by atoms with E-state index < -0.39 is 5.97 Å². The molecule has 108 valence electrons. The van der Waals surface area contributed by atoms with Crippen LogP contribution in [0.3, 0.4) is 0 Å². The van der Waals surface area contributed by atoms with Crippen LogP contribution in [0, 0.1) is 0 Å². The summed E-state index contributed by atoms with van der Waals surface area (Å²) in [5.41, 5.74) is 0.409. The number of esters is 1. The number of rotatable bonds is 5. The number of ether oxygens (including phenoxy) is 2. The Hall–Kier alpha value is -1.40. The monoisotopic (exact) mass is 341 g/mol. The van der Waals surface area contributed by atoms with Crippen LogP contribution in [0.2, 0.25) is 0 Å². The first-order valence-corrected chi connectivity index (χ1v) is 7.25. The predicted molar refractivity (Wildman–Crippen MR) is 76.4 cm³/mol. The van der Waals surface area contributed by atoms with Crippen molar-refractivity contribution >= 4 is 27.8 Å². The first kappa shape index (κ1) is 15.0. The number of hydrogen-bond donors (Lipinski definition) is 1. The average molecular weight is 342 g/mol. The number of nitrogens with one attached hydrogen (secondary N) is 1. The van der Waals surface area contributed by atoms with Crippen LogP contribution in [0.15, 0.2) is 28.7 Å². The lowest BCUT2D eigenvalue weighted by molar-refractivity contribution is -0.124. The summed E-state index contributed by atoms with van der Waals surface area (Å²) in [7, 11) is 0. The van der Waals surface area contributed by atoms with E-state index in [1.807, 2.05) is 6.07 Å². The van der Waals surface area contributed by atoms with E-state index in [1.54, 1.807) is 18.2 Å². The molecule has 0 bridgehead atoms. The zero-order valence-electron chi connectivity index (χ0n) is 10.9. The molecule has 1 aliphatic rings. The lowest BCUT2D eigenvalue weighted by Gasteiger charge is -2.11. The summed E-state index contributed by atoms with van der Waals surface area (Å²) in [6.45, 7) is 0.934. The maximum absolute atomic E-state index is 11.7. The minimum Gasteiger partial charge on any atom is -0.452 e. The molecule has 6 heteroatoms. The molecule has 1 aromatic rings. The average Bonchev–Trinajstić information content (AvgIpc) is 2.95. The first-order valence-electron chi connectivity index (χ1n) is 6.46. The van der Waals surface area contributed by atoms with Gasteiger partial charge >= 0.3 is 5.97 Å². The van der Waals surface area contributed by atoms with Gasteiger partial charge in [0.1, 0.15) is 0 Å². The Morgan fingerprint density at radius 2 is 2.30 bits per heavy atom. The Morgan fingerprint density at radius 1 is 1.45 bits per heavy atom. The number of halogens is 1. The van der Waals surface area contributed by atoms with E-state index in [2.05, 4.69) is 21.2 Å². The van der Waals surface area contributed by atoms with Gasteiger partial charge < -0.3 is 14.8 Å². The Balaban J connectivity index is 1.71. The summed E-state index contributed by atoms with van der Waals surface area (Å²) in [6.07, 6.45) is 2.07. The van der Waals surface area contributed by atoms with Gasteiger partial charge in [-0.05, 0) is 31.0 Å². The van der Waals surface area contributed by atoms with E-state index in [0.717, 1.165) is 23.9 Å². The topological polar surface area (TPSA) is 64.6 Å². The van der Waals surface area contributed by atoms with Crippen LogP contribution >= 0.6 is 15.9 Å². The zero-order valence-corrected chi connectivity index (χ0v) is 12.5. The highest BCUT2D eigenvalue weighted by Gasteiger charge is 2.16. The molecule has 1 atom stereocenters. The summed E-state index contributed by atoms with van der Waals surface area (Å²) in [4.78, 5) is 23.3. The van der Waals surface area contributed by atoms with E-state index in [-0.39, 0.29) is 18.6 Å². The van der Waals surface area contributed by atoms with Gasteiger partial charge in [-0.25, -0.2) is 4.79 Å². The zero-order chi connectivity index (χ0) is 14.4. The number of benzene rings is 1. The molecule has 2 rings (SSSR count). The smallest absolute Gasteiger partial charge is 0.338 e. The van der Waals surface area contributed by atoms with Crippen LogP contribution in [0.25, 0.3) is 0 Å². The van der Waals surface area contributed by atoms with Crippen LogP contribution in [0.4, 0.5) is 0 Å². The highest BCUT2D eigenvalue weighted by atomic mass is 79.9. The van der Waals surface area contributed by atoms with Gasteiger partial charge in [0.2, 0.25) is 0 Å². The fourth-order valence-corrected chi connectivity index (χ4v) is 2.31. The maximum Gasteiger partial charge on any atom is 0.338 e. The number of hydrogen-bond acceptors (Lipinski definition) is 4. The van der Waals surface area contributed by atoms with E-state index in [4.69, 9.17) is 9.47 Å². The van der Waals surface area contributed by atoms with Crippen molar-refractivity contribution in [2.24, 2.45) is 0 Å². The van der Waals surface area contributed by atoms with Gasteiger partial charge in [0, 0.05) is 17.6 Å². The molecular weight excluding hydrogens is 326 g/mol. The van der Waals surface area contributed by atoms with Crippen molar-refractivity contribution in [3.05, 3.63) is 34.3 Å². The van der Waals surface area contributed by atoms with Crippen LogP contribution in [-0.2, 0) is 14.3 Å². The standard InChI is InChI=1S/C14H16BrNO4/c15-11-4-1-3-10(7-11)14(18)20-9-13(17)16-8-12-5-2-6-19-12/h1,3-4,7,12H,2,5-6,8-9H2,(H,16,17)/t12-/m1/s1. The van der Waals surface area contributed by atoms with Crippen molar-refractivity contribution in [1.82, 2.24) is 5.32 Å². The molecule has 5 nitrogen and oxygen atoms in total. The van der Waals surface area contributed by atoms with Crippen LogP contribution < -0.4 is 5.32 Å². The molecule has 1 aromatic carbocycles. The van der Waals surface area contributed by atoms with E-state index in [1.165, 1.54) is 0 Å². The predicted octanol–water partition coefficient (Wildman–Crippen LogP) is 1.90. The second kappa shape index (κ2) is 7.40. The molecule has 1 N–H and O–H groups in total. The van der Waals surface area contributed by atoms with Crippen LogP contribution in [0.1, 0.15) is 23.2 Å². The molecule has 0 aromatic heterocycles. The molecule has 0 aliphatic carbocycles. The van der Waals surface area contributed by atoms with Gasteiger partial charge in [-0.15, -0.1) is 0 Å². The van der Waals surface area contributed by atoms with Crippen molar-refractivity contribution in [1.29, 1.82) is 0 Å². The summed E-state index contributed by atoms with van der Waals surface area (Å²) >= 11 is 3.27. The van der Waals surface area contributed by atoms with Gasteiger partial charge in [-0.2, -0.15) is 0 Å². The molecule has 20 heavy (non-hydrogen) atoms. The molecule has 1 amide bonds. The fraction of sp³-hybridized carbons (Fsp3) is 0.429. The quantitative estimate of drug-likeness (QED) is 0.831. The lowest BCUT2D eigenvalue weighted by Crippen LogP contribution is -2.34. The summed E-state index contributed by atoms with van der Waals surface area (Å²) < 4.78 is 11.1. The second-order valence-electron chi connectivity index (χ2n) is 4.53. The van der Waals surface area contributed by atoms with Crippen LogP contribution in [0.5, 0.6) is 0 Å². The second-order valence-corrected chi connectivity index (χ2v) is 5.44. The van der Waals surface area contributed by atoms with Gasteiger partial charge in [-0.1, -0.05) is 22.0 Å². The fourth-order valence-electron chi connectivity index (χ4n) is 1.91. The van der Waals surface area contributed by atoms with Crippen LogP contribution in [-0.4, -0.2) is 37.7 Å². The maximum atomic E-state index is 11.7. The molecule has 1 fully saturated rings. The highest BCUT2D eigenvalue weighted by molar-refractivity contribution is 9.10. The summed E-state index contributed by atoms with van der Waals surface area (Å²) in [5.74, 6) is -0.831. The Kier molecular flexibility index (Phi) is 5.55. The Bertz CT molecular complexity index is 486. The van der Waals surface area contributed by atoms with Gasteiger partial charge in [0.05, 0.1) is 11.7 Å². The molecule has 0 saturated carbocycles. The molecular formula is C14H16BrNO4. The molecule has 1 aliphatic heterocycles. The summed E-state index contributed by atoms with van der Waals surface area (Å²) in [6, 6.07) is 6.83. The first-order chi connectivity index (χ1) is 9.65. The molecule has 0 radical (unpaired) electrons. The third kappa shape index (κ3) is 4.61. The minimum absolute atomic E-state index is 0.0831. The van der Waals surface area contributed by atoms with E-state index in [0.29, 0.717) is 12.1 Å². The van der Waals surface area contributed by atoms with Crippen molar-refractivity contribution in [2.75, 3.05) is 19.8 Å². The minimum atomic E-state index is -0.515. The summed E-state index contributed by atoms with van der Waals surface area (Å²) in [5, 5.41) is 2.69. The van der Waals surface area contributed by atoms with Crippen molar-refractivity contribution in [3.8, 4) is 0 Å².